The molecule has 6 heteroatoms. The molecular weight excluding hydrogens is 310 g/mol. The van der Waals surface area contributed by atoms with Gasteiger partial charge in [0.1, 0.15) is 5.58 Å². The van der Waals surface area contributed by atoms with E-state index >= 15 is 0 Å². The molecule has 0 spiro atoms. The highest BCUT2D eigenvalue weighted by Crippen LogP contribution is 2.25. The molecule has 3 rings (SSSR count). The lowest BCUT2D eigenvalue weighted by molar-refractivity contribution is -0.147. The van der Waals surface area contributed by atoms with Gasteiger partial charge >= 0.3 is 5.97 Å². The predicted octanol–water partition coefficient (Wildman–Crippen LogP) is 2.29. The van der Waals surface area contributed by atoms with E-state index in [1.807, 2.05) is 26.0 Å². The fourth-order valence-corrected chi connectivity index (χ4v) is 3.01. The second-order valence-corrected chi connectivity index (χ2v) is 6.30. The number of ether oxygens (including phenoxy) is 1. The molecule has 6 nitrogen and oxygen atoms in total. The lowest BCUT2D eigenvalue weighted by atomic mass is 10.0. The monoisotopic (exact) mass is 331 g/mol. The highest BCUT2D eigenvalue weighted by Gasteiger charge is 2.26. The second-order valence-electron chi connectivity index (χ2n) is 6.30. The molecule has 2 aromatic rings. The minimum Gasteiger partial charge on any atom is -0.481 e. The molecule has 1 fully saturated rings. The van der Waals surface area contributed by atoms with E-state index in [-0.39, 0.29) is 18.7 Å². The van der Waals surface area contributed by atoms with E-state index in [1.165, 1.54) is 0 Å². The van der Waals surface area contributed by atoms with Gasteiger partial charge < -0.3 is 19.2 Å². The number of hydrogen-bond donors (Lipinski definition) is 1. The van der Waals surface area contributed by atoms with Crippen molar-refractivity contribution in [3.8, 4) is 0 Å². The van der Waals surface area contributed by atoms with Crippen LogP contribution in [0.5, 0.6) is 0 Å². The Morgan fingerprint density at radius 1 is 1.29 bits per heavy atom. The number of carbonyl (C=O) groups is 2. The first-order valence-electron chi connectivity index (χ1n) is 8.02. The Bertz CT molecular complexity index is 779. The van der Waals surface area contributed by atoms with Gasteiger partial charge in [-0.15, -0.1) is 0 Å². The molecule has 1 amide bonds. The van der Waals surface area contributed by atoms with Gasteiger partial charge in [-0.25, -0.2) is 0 Å². The van der Waals surface area contributed by atoms with Crippen LogP contribution < -0.4 is 0 Å². The zero-order chi connectivity index (χ0) is 17.3. The van der Waals surface area contributed by atoms with Gasteiger partial charge in [-0.2, -0.15) is 0 Å². The van der Waals surface area contributed by atoms with Gasteiger partial charge in [0.25, 0.3) is 0 Å². The van der Waals surface area contributed by atoms with Gasteiger partial charge in [0.15, 0.2) is 0 Å². The molecule has 2 heterocycles. The summed E-state index contributed by atoms with van der Waals surface area (Å²) in [7, 11) is 0. The largest absolute Gasteiger partial charge is 0.481 e. The maximum absolute atomic E-state index is 12.6. The van der Waals surface area contributed by atoms with Crippen molar-refractivity contribution in [1.29, 1.82) is 0 Å². The Kier molecular flexibility index (Phi) is 4.57. The van der Waals surface area contributed by atoms with Crippen molar-refractivity contribution in [2.75, 3.05) is 19.7 Å². The topological polar surface area (TPSA) is 80.0 Å². The molecule has 24 heavy (non-hydrogen) atoms. The van der Waals surface area contributed by atoms with Crippen LogP contribution in [0.25, 0.3) is 11.0 Å². The Morgan fingerprint density at radius 3 is 2.79 bits per heavy atom. The molecule has 0 bridgehead atoms. The van der Waals surface area contributed by atoms with E-state index in [0.29, 0.717) is 19.7 Å². The summed E-state index contributed by atoms with van der Waals surface area (Å²) < 4.78 is 11.0. The van der Waals surface area contributed by atoms with E-state index < -0.39 is 12.1 Å². The fraction of sp³-hybridized carbons (Fsp3) is 0.444. The van der Waals surface area contributed by atoms with Gasteiger partial charge in [0.2, 0.25) is 5.91 Å². The number of amides is 1. The first-order valence-corrected chi connectivity index (χ1v) is 8.02. The highest BCUT2D eigenvalue weighted by atomic mass is 16.5. The summed E-state index contributed by atoms with van der Waals surface area (Å²) in [6.07, 6.45) is 1.36. The van der Waals surface area contributed by atoms with Crippen LogP contribution in [0, 0.1) is 13.8 Å². The number of carboxylic acid groups (broad SMARTS) is 1. The molecule has 1 aliphatic heterocycles. The molecule has 0 radical (unpaired) electrons. The van der Waals surface area contributed by atoms with Crippen LogP contribution in [0.3, 0.4) is 0 Å². The molecule has 0 unspecified atom stereocenters. The van der Waals surface area contributed by atoms with Crippen molar-refractivity contribution in [2.24, 2.45) is 0 Å². The maximum atomic E-state index is 12.6. The van der Waals surface area contributed by atoms with Gasteiger partial charge in [0, 0.05) is 24.0 Å². The number of aliphatic carboxylic acids is 1. The number of carboxylic acids is 1. The summed E-state index contributed by atoms with van der Waals surface area (Å²) in [6, 6.07) is 4.03. The highest BCUT2D eigenvalue weighted by molar-refractivity contribution is 5.88. The van der Waals surface area contributed by atoms with Crippen LogP contribution in [0.2, 0.25) is 0 Å². The normalized spacial score (nSPS) is 18.1. The smallest absolute Gasteiger partial charge is 0.306 e. The number of nitrogens with zero attached hydrogens (tertiary/aromatic N) is 1. The van der Waals surface area contributed by atoms with Crippen molar-refractivity contribution >= 4 is 22.8 Å². The number of carbonyl (C=O) groups excluding carboxylic acids is 1. The number of fused-ring (bicyclic) bond motifs is 1. The Morgan fingerprint density at radius 2 is 2.04 bits per heavy atom. The summed E-state index contributed by atoms with van der Waals surface area (Å²) >= 11 is 0. The molecule has 0 aliphatic carbocycles. The standard InChI is InChI=1S/C18H21NO5/c1-11-5-15-13(10-24-16(15)6-12(11)2)7-17(20)19-3-4-23-14(9-19)8-18(21)22/h5-6,10,14H,3-4,7-9H2,1-2H3,(H,21,22)/t14-/m0/s1. The molecule has 1 N–H and O–H groups in total. The summed E-state index contributed by atoms with van der Waals surface area (Å²) in [4.78, 5) is 25.1. The van der Waals surface area contributed by atoms with Gasteiger partial charge in [-0.05, 0) is 37.1 Å². The van der Waals surface area contributed by atoms with Crippen LogP contribution in [-0.4, -0.2) is 47.7 Å². The number of furan rings is 1. The first kappa shape index (κ1) is 16.5. The minimum atomic E-state index is -0.916. The Hall–Kier alpha value is -2.34. The van der Waals surface area contributed by atoms with Gasteiger partial charge in [-0.1, -0.05) is 0 Å². The van der Waals surface area contributed by atoms with E-state index in [4.69, 9.17) is 14.3 Å². The average molecular weight is 331 g/mol. The second kappa shape index (κ2) is 6.65. The third-order valence-electron chi connectivity index (χ3n) is 4.51. The molecule has 0 saturated carbocycles. The number of aryl methyl sites for hydroxylation is 2. The van der Waals surface area contributed by atoms with E-state index in [2.05, 4.69) is 0 Å². The van der Waals surface area contributed by atoms with Gasteiger partial charge in [0.05, 0.1) is 31.8 Å². The van der Waals surface area contributed by atoms with E-state index in [0.717, 1.165) is 27.7 Å². The first-order chi connectivity index (χ1) is 11.4. The molecule has 128 valence electrons. The number of morpholine rings is 1. The lowest BCUT2D eigenvalue weighted by Gasteiger charge is -2.32. The van der Waals surface area contributed by atoms with Crippen LogP contribution in [-0.2, 0) is 20.7 Å². The average Bonchev–Trinajstić information content (AvgIpc) is 2.89. The number of hydrogen-bond acceptors (Lipinski definition) is 4. The van der Waals surface area contributed by atoms with E-state index in [1.54, 1.807) is 11.2 Å². The van der Waals surface area contributed by atoms with Crippen molar-refractivity contribution in [3.63, 3.8) is 0 Å². The molecule has 1 aliphatic rings. The maximum Gasteiger partial charge on any atom is 0.306 e. The van der Waals surface area contributed by atoms with Crippen LogP contribution >= 0.6 is 0 Å². The summed E-state index contributed by atoms with van der Waals surface area (Å²) in [6.45, 7) is 5.24. The van der Waals surface area contributed by atoms with E-state index in [9.17, 15) is 9.59 Å². The molecule has 1 aromatic heterocycles. The predicted molar refractivity (Wildman–Crippen MR) is 88.0 cm³/mol. The SMILES string of the molecule is Cc1cc2occ(CC(=O)N3CCO[C@@H](CC(=O)O)C3)c2cc1C. The number of benzene rings is 1. The van der Waals surface area contributed by atoms with Crippen molar-refractivity contribution in [3.05, 3.63) is 35.1 Å². The fourth-order valence-electron chi connectivity index (χ4n) is 3.01. The molecule has 1 saturated heterocycles. The van der Waals surface area contributed by atoms with Crippen LogP contribution in [0.15, 0.2) is 22.8 Å². The number of rotatable bonds is 4. The summed E-state index contributed by atoms with van der Waals surface area (Å²) in [5.74, 6) is -0.949. The zero-order valence-corrected chi connectivity index (χ0v) is 13.9. The molecular formula is C18H21NO5. The minimum absolute atomic E-state index is 0.0328. The quantitative estimate of drug-likeness (QED) is 0.930. The third-order valence-corrected chi connectivity index (χ3v) is 4.51. The summed E-state index contributed by atoms with van der Waals surface area (Å²) in [5, 5.41) is 9.83. The Balaban J connectivity index is 1.73. The van der Waals surface area contributed by atoms with Crippen molar-refractivity contribution in [2.45, 2.75) is 32.8 Å². The summed E-state index contributed by atoms with van der Waals surface area (Å²) in [5.41, 5.74) is 3.95. The van der Waals surface area contributed by atoms with Gasteiger partial charge in [-0.3, -0.25) is 9.59 Å². The lowest BCUT2D eigenvalue weighted by Crippen LogP contribution is -2.46. The van der Waals surface area contributed by atoms with Crippen LogP contribution in [0.1, 0.15) is 23.1 Å². The molecule has 1 aromatic carbocycles. The Labute approximate surface area is 140 Å². The third kappa shape index (κ3) is 3.43. The van der Waals surface area contributed by atoms with Crippen molar-refractivity contribution < 1.29 is 23.8 Å². The zero-order valence-electron chi connectivity index (χ0n) is 13.9. The van der Waals surface area contributed by atoms with Crippen LogP contribution in [0.4, 0.5) is 0 Å². The van der Waals surface area contributed by atoms with Crippen molar-refractivity contribution in [1.82, 2.24) is 4.90 Å². The molecule has 1 atom stereocenters.